The molecule has 2 N–H and O–H groups in total. The van der Waals surface area contributed by atoms with Crippen LogP contribution < -0.4 is 5.14 Å². The van der Waals surface area contributed by atoms with Crippen molar-refractivity contribution in [2.45, 2.75) is 5.75 Å². The summed E-state index contributed by atoms with van der Waals surface area (Å²) in [6.45, 7) is 0. The van der Waals surface area contributed by atoms with E-state index in [1.54, 1.807) is 0 Å². The van der Waals surface area contributed by atoms with Crippen LogP contribution in [-0.2, 0) is 15.8 Å². The Labute approximate surface area is 73.1 Å². The molecular weight excluding hydrogens is 208 g/mol. The second-order valence-corrected chi connectivity index (χ2v) is 5.20. The van der Waals surface area contributed by atoms with Crippen molar-refractivity contribution in [3.8, 4) is 0 Å². The number of primary sulfonamides is 1. The van der Waals surface area contributed by atoms with Gasteiger partial charge in [-0.2, -0.15) is 0 Å². The van der Waals surface area contributed by atoms with Crippen molar-refractivity contribution in [1.82, 2.24) is 4.98 Å². The fourth-order valence-electron chi connectivity index (χ4n) is 0.549. The molecule has 0 aliphatic heterocycles. The molecule has 7 heteroatoms. The summed E-state index contributed by atoms with van der Waals surface area (Å²) in [5, 5.41) is 4.78. The summed E-state index contributed by atoms with van der Waals surface area (Å²) in [6.07, 6.45) is 1.40. The molecule has 0 aromatic carbocycles. The van der Waals surface area contributed by atoms with Crippen LogP contribution in [0.3, 0.4) is 0 Å². The van der Waals surface area contributed by atoms with Crippen LogP contribution in [-0.4, -0.2) is 13.4 Å². The molecule has 0 unspecified atom stereocenters. The van der Waals surface area contributed by atoms with Crippen LogP contribution in [0.15, 0.2) is 6.20 Å². The van der Waals surface area contributed by atoms with Crippen molar-refractivity contribution in [1.29, 1.82) is 0 Å². The summed E-state index contributed by atoms with van der Waals surface area (Å²) < 4.78 is 21.4. The zero-order valence-corrected chi connectivity index (χ0v) is 7.71. The van der Waals surface area contributed by atoms with Gasteiger partial charge < -0.3 is 0 Å². The Bertz CT molecular complexity index is 345. The van der Waals surface area contributed by atoms with Gasteiger partial charge in [0.1, 0.15) is 5.75 Å². The van der Waals surface area contributed by atoms with E-state index in [4.69, 9.17) is 16.7 Å². The quantitative estimate of drug-likeness (QED) is 0.780. The third-order valence-electron chi connectivity index (χ3n) is 0.869. The summed E-state index contributed by atoms with van der Waals surface area (Å²) in [5.74, 6) is -0.197. The molecule has 1 rings (SSSR count). The van der Waals surface area contributed by atoms with E-state index >= 15 is 0 Å². The second-order valence-electron chi connectivity index (χ2n) is 1.89. The molecule has 4 nitrogen and oxygen atoms in total. The Balaban J connectivity index is 2.81. The van der Waals surface area contributed by atoms with Crippen LogP contribution in [0.1, 0.15) is 4.88 Å². The number of sulfonamides is 1. The van der Waals surface area contributed by atoms with Gasteiger partial charge in [-0.1, -0.05) is 11.6 Å². The third-order valence-corrected chi connectivity index (χ3v) is 2.88. The van der Waals surface area contributed by atoms with Crippen LogP contribution in [0.25, 0.3) is 0 Å². The molecule has 1 heterocycles. The summed E-state index contributed by atoms with van der Waals surface area (Å²) >= 11 is 6.57. The van der Waals surface area contributed by atoms with Gasteiger partial charge in [0, 0.05) is 11.1 Å². The average Bonchev–Trinajstić information content (AvgIpc) is 2.10. The minimum Gasteiger partial charge on any atom is -0.233 e. The third kappa shape index (κ3) is 3.15. The van der Waals surface area contributed by atoms with Gasteiger partial charge in [-0.05, 0) is 0 Å². The van der Waals surface area contributed by atoms with Crippen molar-refractivity contribution in [3.05, 3.63) is 15.5 Å². The number of nitrogens with zero attached hydrogens (tertiary/aromatic N) is 1. The first-order chi connectivity index (χ1) is 4.97. The zero-order chi connectivity index (χ0) is 8.48. The maximum Gasteiger partial charge on any atom is 0.214 e. The Hall–Kier alpha value is -0.170. The molecule has 1 aromatic rings. The minimum atomic E-state index is -3.45. The molecule has 0 radical (unpaired) electrons. The maximum atomic E-state index is 10.5. The first kappa shape index (κ1) is 8.92. The second kappa shape index (κ2) is 3.06. The number of halogens is 1. The molecule has 0 aliphatic rings. The number of hydrogen-bond donors (Lipinski definition) is 1. The molecular formula is C4H5ClN2O2S2. The number of rotatable bonds is 2. The largest absolute Gasteiger partial charge is 0.233 e. The van der Waals surface area contributed by atoms with Crippen LogP contribution >= 0.6 is 22.9 Å². The molecule has 0 amide bonds. The highest BCUT2D eigenvalue weighted by Crippen LogP contribution is 2.18. The molecule has 0 spiro atoms. The van der Waals surface area contributed by atoms with Crippen molar-refractivity contribution in [2.75, 3.05) is 0 Å². The van der Waals surface area contributed by atoms with E-state index in [0.29, 0.717) is 9.34 Å². The van der Waals surface area contributed by atoms with E-state index in [-0.39, 0.29) is 5.75 Å². The normalized spacial score (nSPS) is 11.8. The van der Waals surface area contributed by atoms with E-state index in [9.17, 15) is 8.42 Å². The van der Waals surface area contributed by atoms with E-state index in [1.807, 2.05) is 0 Å². The number of thiazole rings is 1. The molecule has 1 aromatic heterocycles. The molecule has 0 aliphatic carbocycles. The molecule has 0 saturated carbocycles. The van der Waals surface area contributed by atoms with Crippen molar-refractivity contribution in [3.63, 3.8) is 0 Å². The predicted octanol–water partition coefficient (Wildman–Crippen LogP) is 0.585. The van der Waals surface area contributed by atoms with E-state index in [2.05, 4.69) is 4.98 Å². The van der Waals surface area contributed by atoms with Gasteiger partial charge in [0.25, 0.3) is 0 Å². The van der Waals surface area contributed by atoms with Gasteiger partial charge in [-0.3, -0.25) is 0 Å². The highest BCUT2D eigenvalue weighted by atomic mass is 35.5. The number of nitrogens with two attached hydrogens (primary N) is 1. The van der Waals surface area contributed by atoms with Crippen LogP contribution in [0.2, 0.25) is 4.47 Å². The Morgan fingerprint density at radius 1 is 1.73 bits per heavy atom. The Morgan fingerprint density at radius 3 is 2.73 bits per heavy atom. The molecule has 11 heavy (non-hydrogen) atoms. The van der Waals surface area contributed by atoms with Gasteiger partial charge in [0.15, 0.2) is 4.47 Å². The lowest BCUT2D eigenvalue weighted by Crippen LogP contribution is -2.13. The summed E-state index contributed by atoms with van der Waals surface area (Å²) in [7, 11) is -3.45. The average molecular weight is 213 g/mol. The highest BCUT2D eigenvalue weighted by Gasteiger charge is 2.07. The predicted molar refractivity (Wildman–Crippen MR) is 43.9 cm³/mol. The molecule has 0 bridgehead atoms. The fourth-order valence-corrected chi connectivity index (χ4v) is 2.52. The van der Waals surface area contributed by atoms with Crippen LogP contribution in [0.4, 0.5) is 0 Å². The van der Waals surface area contributed by atoms with Crippen molar-refractivity contribution in [2.24, 2.45) is 5.14 Å². The van der Waals surface area contributed by atoms with E-state index < -0.39 is 10.0 Å². The molecule has 0 saturated heterocycles. The number of aromatic nitrogens is 1. The van der Waals surface area contributed by atoms with Gasteiger partial charge in [0.05, 0.1) is 0 Å². The Kier molecular flexibility index (Phi) is 2.48. The Morgan fingerprint density at radius 2 is 2.36 bits per heavy atom. The SMILES string of the molecule is NS(=O)(=O)Cc1cnc(Cl)s1. The lowest BCUT2D eigenvalue weighted by Gasteiger charge is -1.90. The summed E-state index contributed by atoms with van der Waals surface area (Å²) in [6, 6.07) is 0. The minimum absolute atomic E-state index is 0.197. The van der Waals surface area contributed by atoms with Crippen molar-refractivity contribution < 1.29 is 8.42 Å². The lowest BCUT2D eigenvalue weighted by molar-refractivity contribution is 0.597. The van der Waals surface area contributed by atoms with E-state index in [1.165, 1.54) is 6.20 Å². The first-order valence-electron chi connectivity index (χ1n) is 2.58. The fraction of sp³-hybridized carbons (Fsp3) is 0.250. The van der Waals surface area contributed by atoms with E-state index in [0.717, 1.165) is 11.3 Å². The molecule has 0 fully saturated rings. The monoisotopic (exact) mass is 212 g/mol. The summed E-state index contributed by atoms with van der Waals surface area (Å²) in [4.78, 5) is 4.22. The standard InChI is InChI=1S/C4H5ClN2O2S2/c5-4-7-1-3(10-4)2-11(6,8)9/h1H,2H2,(H2,6,8,9). The summed E-state index contributed by atoms with van der Waals surface area (Å²) in [5.41, 5.74) is 0. The highest BCUT2D eigenvalue weighted by molar-refractivity contribution is 7.88. The van der Waals surface area contributed by atoms with Gasteiger partial charge >= 0.3 is 0 Å². The number of hydrogen-bond acceptors (Lipinski definition) is 4. The maximum absolute atomic E-state index is 10.5. The van der Waals surface area contributed by atoms with Crippen LogP contribution in [0.5, 0.6) is 0 Å². The van der Waals surface area contributed by atoms with Crippen LogP contribution in [0, 0.1) is 0 Å². The topological polar surface area (TPSA) is 73.1 Å². The smallest absolute Gasteiger partial charge is 0.214 e. The van der Waals surface area contributed by atoms with Gasteiger partial charge in [-0.25, -0.2) is 18.5 Å². The zero-order valence-electron chi connectivity index (χ0n) is 5.32. The van der Waals surface area contributed by atoms with Gasteiger partial charge in [0.2, 0.25) is 10.0 Å². The first-order valence-corrected chi connectivity index (χ1v) is 5.49. The molecule has 62 valence electrons. The van der Waals surface area contributed by atoms with Crippen molar-refractivity contribution >= 4 is 33.0 Å². The van der Waals surface area contributed by atoms with Gasteiger partial charge in [-0.15, -0.1) is 11.3 Å². The molecule has 0 atom stereocenters. The lowest BCUT2D eigenvalue weighted by atomic mass is 10.6.